The van der Waals surface area contributed by atoms with Gasteiger partial charge in [-0.25, -0.2) is 0 Å². The summed E-state index contributed by atoms with van der Waals surface area (Å²) < 4.78 is 10.2. The molecule has 0 aromatic carbocycles. The van der Waals surface area contributed by atoms with Crippen LogP contribution in [0.1, 0.15) is 11.3 Å². The van der Waals surface area contributed by atoms with Gasteiger partial charge in [0.2, 0.25) is 5.76 Å². The predicted molar refractivity (Wildman–Crippen MR) is 50.3 cm³/mol. The summed E-state index contributed by atoms with van der Waals surface area (Å²) in [7, 11) is 0. The van der Waals surface area contributed by atoms with Crippen LogP contribution in [0.3, 0.4) is 0 Å². The molecule has 0 aliphatic rings. The van der Waals surface area contributed by atoms with Crippen molar-refractivity contribution in [3.63, 3.8) is 0 Å². The molecule has 0 unspecified atom stereocenters. The molecule has 0 bridgehead atoms. The number of furan rings is 1. The summed E-state index contributed by atoms with van der Waals surface area (Å²) in [4.78, 5) is 10.6. The molecular weight excluding hydrogens is 198 g/mol. The Morgan fingerprint density at radius 1 is 1.60 bits per heavy atom. The third-order valence-corrected chi connectivity index (χ3v) is 1.94. The number of aliphatic carboxylic acids is 1. The molecule has 2 aromatic rings. The van der Waals surface area contributed by atoms with Gasteiger partial charge >= 0.3 is 5.97 Å². The summed E-state index contributed by atoms with van der Waals surface area (Å²) in [6.45, 7) is 1.78. The molecule has 0 atom stereocenters. The number of carboxylic acid groups (broad SMARTS) is 1. The summed E-state index contributed by atoms with van der Waals surface area (Å²) in [5, 5.41) is 12.4. The van der Waals surface area contributed by atoms with Gasteiger partial charge in [0.05, 0.1) is 18.4 Å². The number of rotatable bonds is 3. The van der Waals surface area contributed by atoms with Crippen molar-refractivity contribution in [3.8, 4) is 11.5 Å². The van der Waals surface area contributed by atoms with Gasteiger partial charge in [-0.05, 0) is 13.0 Å². The van der Waals surface area contributed by atoms with Crippen LogP contribution in [0.2, 0.25) is 0 Å². The highest BCUT2D eigenvalue weighted by Gasteiger charge is 2.15. The minimum atomic E-state index is -0.908. The van der Waals surface area contributed by atoms with Crippen molar-refractivity contribution < 1.29 is 18.8 Å². The van der Waals surface area contributed by atoms with Gasteiger partial charge < -0.3 is 14.0 Å². The normalized spacial score (nSPS) is 10.5. The number of carbonyl (C=O) groups is 1. The van der Waals surface area contributed by atoms with Gasteiger partial charge in [0.1, 0.15) is 0 Å². The first-order chi connectivity index (χ1) is 7.16. The molecule has 78 valence electrons. The molecule has 2 heterocycles. The van der Waals surface area contributed by atoms with Gasteiger partial charge in [-0.15, -0.1) is 0 Å². The Kier molecular flexibility index (Phi) is 2.29. The van der Waals surface area contributed by atoms with Gasteiger partial charge in [-0.1, -0.05) is 5.16 Å². The van der Waals surface area contributed by atoms with Crippen LogP contribution in [0.4, 0.5) is 0 Å². The fourth-order valence-electron chi connectivity index (χ4n) is 1.32. The number of nitrogens with zero attached hydrogens (tertiary/aromatic N) is 1. The second-order valence-electron chi connectivity index (χ2n) is 3.18. The minimum Gasteiger partial charge on any atom is -0.481 e. The first-order valence-corrected chi connectivity index (χ1v) is 4.38. The SMILES string of the molecule is Cc1cc(-c2occc2CC(=O)O)on1. The molecular formula is C10H9NO4. The molecule has 0 aliphatic carbocycles. The van der Waals surface area contributed by atoms with Crippen molar-refractivity contribution in [2.45, 2.75) is 13.3 Å². The third-order valence-electron chi connectivity index (χ3n) is 1.94. The Hall–Kier alpha value is -2.04. The average Bonchev–Trinajstić information content (AvgIpc) is 2.72. The van der Waals surface area contributed by atoms with Gasteiger partial charge in [0.15, 0.2) is 5.76 Å². The van der Waals surface area contributed by atoms with Gasteiger partial charge in [0.25, 0.3) is 0 Å². The molecule has 5 nitrogen and oxygen atoms in total. The van der Waals surface area contributed by atoms with Crippen LogP contribution in [-0.4, -0.2) is 16.2 Å². The highest BCUT2D eigenvalue weighted by Crippen LogP contribution is 2.25. The van der Waals surface area contributed by atoms with Crippen molar-refractivity contribution >= 4 is 5.97 Å². The zero-order valence-corrected chi connectivity index (χ0v) is 8.06. The smallest absolute Gasteiger partial charge is 0.307 e. The van der Waals surface area contributed by atoms with E-state index in [9.17, 15) is 4.79 Å². The molecule has 0 radical (unpaired) electrons. The van der Waals surface area contributed by atoms with Gasteiger partial charge in [0, 0.05) is 11.6 Å². The van der Waals surface area contributed by atoms with E-state index >= 15 is 0 Å². The van der Waals surface area contributed by atoms with E-state index in [0.29, 0.717) is 17.1 Å². The zero-order chi connectivity index (χ0) is 10.8. The lowest BCUT2D eigenvalue weighted by molar-refractivity contribution is -0.136. The lowest BCUT2D eigenvalue weighted by Crippen LogP contribution is -1.99. The Balaban J connectivity index is 2.36. The monoisotopic (exact) mass is 207 g/mol. The summed E-state index contributed by atoms with van der Waals surface area (Å²) in [5.74, 6) is -0.0272. The van der Waals surface area contributed by atoms with Crippen molar-refractivity contribution in [1.29, 1.82) is 0 Å². The molecule has 0 saturated heterocycles. The number of aromatic nitrogens is 1. The standard InChI is InChI=1S/C10H9NO4/c1-6-4-8(15-11-6)10-7(2-3-14-10)5-9(12)13/h2-4H,5H2,1H3,(H,12,13). The van der Waals surface area contributed by atoms with E-state index in [4.69, 9.17) is 14.0 Å². The van der Waals surface area contributed by atoms with E-state index in [1.54, 1.807) is 19.1 Å². The molecule has 5 heteroatoms. The van der Waals surface area contributed by atoms with E-state index in [0.717, 1.165) is 5.69 Å². The highest BCUT2D eigenvalue weighted by molar-refractivity contribution is 5.73. The van der Waals surface area contributed by atoms with Crippen LogP contribution >= 0.6 is 0 Å². The lowest BCUT2D eigenvalue weighted by atomic mass is 10.1. The molecule has 0 fully saturated rings. The van der Waals surface area contributed by atoms with Gasteiger partial charge in [-0.2, -0.15) is 0 Å². The third kappa shape index (κ3) is 1.90. The van der Waals surface area contributed by atoms with Crippen LogP contribution < -0.4 is 0 Å². The van der Waals surface area contributed by atoms with Crippen LogP contribution in [0.5, 0.6) is 0 Å². The second-order valence-corrected chi connectivity index (χ2v) is 3.18. The maximum atomic E-state index is 10.6. The first kappa shape index (κ1) is 9.51. The zero-order valence-electron chi connectivity index (χ0n) is 8.06. The van der Waals surface area contributed by atoms with Crippen LogP contribution in [0, 0.1) is 6.92 Å². The molecule has 0 amide bonds. The topological polar surface area (TPSA) is 76.5 Å². The highest BCUT2D eigenvalue weighted by atomic mass is 16.5. The summed E-state index contributed by atoms with van der Waals surface area (Å²) in [6.07, 6.45) is 1.34. The van der Waals surface area contributed by atoms with Crippen molar-refractivity contribution in [2.24, 2.45) is 0 Å². The largest absolute Gasteiger partial charge is 0.481 e. The van der Waals surface area contributed by atoms with E-state index < -0.39 is 5.97 Å². The maximum Gasteiger partial charge on any atom is 0.307 e. The molecule has 2 rings (SSSR count). The Morgan fingerprint density at radius 3 is 3.00 bits per heavy atom. The van der Waals surface area contributed by atoms with Crippen molar-refractivity contribution in [2.75, 3.05) is 0 Å². The van der Waals surface area contributed by atoms with E-state index in [1.165, 1.54) is 6.26 Å². The predicted octanol–water partition coefficient (Wildman–Crippen LogP) is 1.87. The number of hydrogen-bond acceptors (Lipinski definition) is 4. The van der Waals surface area contributed by atoms with Crippen LogP contribution in [-0.2, 0) is 11.2 Å². The molecule has 15 heavy (non-hydrogen) atoms. The van der Waals surface area contributed by atoms with Gasteiger partial charge in [-0.3, -0.25) is 4.79 Å². The first-order valence-electron chi connectivity index (χ1n) is 4.38. The lowest BCUT2D eigenvalue weighted by Gasteiger charge is -1.94. The Bertz CT molecular complexity index is 483. The van der Waals surface area contributed by atoms with E-state index in [2.05, 4.69) is 5.16 Å². The number of carboxylic acids is 1. The number of aryl methyl sites for hydroxylation is 1. The van der Waals surface area contributed by atoms with Crippen LogP contribution in [0.15, 0.2) is 27.3 Å². The number of hydrogen-bond donors (Lipinski definition) is 1. The average molecular weight is 207 g/mol. The van der Waals surface area contributed by atoms with E-state index in [-0.39, 0.29) is 6.42 Å². The Morgan fingerprint density at radius 2 is 2.40 bits per heavy atom. The van der Waals surface area contributed by atoms with Crippen molar-refractivity contribution in [3.05, 3.63) is 29.7 Å². The fourth-order valence-corrected chi connectivity index (χ4v) is 1.32. The van der Waals surface area contributed by atoms with E-state index in [1.807, 2.05) is 0 Å². The molecule has 2 aromatic heterocycles. The molecule has 1 N–H and O–H groups in total. The molecule has 0 aliphatic heterocycles. The maximum absolute atomic E-state index is 10.6. The summed E-state index contributed by atoms with van der Waals surface area (Å²) >= 11 is 0. The van der Waals surface area contributed by atoms with Crippen LogP contribution in [0.25, 0.3) is 11.5 Å². The molecule has 0 saturated carbocycles. The minimum absolute atomic E-state index is 0.0917. The quantitative estimate of drug-likeness (QED) is 0.831. The second kappa shape index (κ2) is 3.61. The fraction of sp³-hybridized carbons (Fsp3) is 0.200. The summed E-state index contributed by atoms with van der Waals surface area (Å²) in [5.41, 5.74) is 1.31. The summed E-state index contributed by atoms with van der Waals surface area (Å²) in [6, 6.07) is 3.31. The Labute approximate surface area is 85.3 Å². The molecule has 0 spiro atoms. The van der Waals surface area contributed by atoms with Crippen molar-refractivity contribution in [1.82, 2.24) is 5.16 Å².